The molecule has 1 N–H and O–H groups in total. The van der Waals surface area contributed by atoms with E-state index in [4.69, 9.17) is 9.47 Å². The van der Waals surface area contributed by atoms with Crippen LogP contribution in [0.1, 0.15) is 64.5 Å². The minimum atomic E-state index is -0.479. The summed E-state index contributed by atoms with van der Waals surface area (Å²) in [7, 11) is 0. The van der Waals surface area contributed by atoms with Crippen molar-refractivity contribution < 1.29 is 14.3 Å². The molecule has 1 fully saturated rings. The number of benzene rings is 1. The van der Waals surface area contributed by atoms with Gasteiger partial charge < -0.3 is 14.8 Å². The molecular weight excluding hydrogens is 370 g/mol. The SMILES string of the molecule is CC1=C(C(=O)OC2CCCCC2)C(c2cccc(OC(C)C)c2)n2nnnc2N1. The Hall–Kier alpha value is -2.90. The van der Waals surface area contributed by atoms with E-state index in [1.54, 1.807) is 4.68 Å². The molecular formula is C21H27N5O3. The molecule has 4 rings (SSSR count). The quantitative estimate of drug-likeness (QED) is 0.770. The summed E-state index contributed by atoms with van der Waals surface area (Å²) >= 11 is 0. The molecule has 1 aliphatic heterocycles. The second-order valence-electron chi connectivity index (χ2n) is 7.92. The van der Waals surface area contributed by atoms with E-state index in [1.807, 2.05) is 45.0 Å². The predicted octanol–water partition coefficient (Wildman–Crippen LogP) is 3.63. The zero-order chi connectivity index (χ0) is 20.4. The number of fused-ring (bicyclic) bond motifs is 1. The van der Waals surface area contributed by atoms with Gasteiger partial charge in [0.15, 0.2) is 0 Å². The molecule has 0 radical (unpaired) electrons. The van der Waals surface area contributed by atoms with Crippen LogP contribution in [0, 0.1) is 0 Å². The van der Waals surface area contributed by atoms with Crippen LogP contribution >= 0.6 is 0 Å². The van der Waals surface area contributed by atoms with Crippen LogP contribution in [0.2, 0.25) is 0 Å². The molecule has 2 heterocycles. The van der Waals surface area contributed by atoms with E-state index in [1.165, 1.54) is 6.42 Å². The van der Waals surface area contributed by atoms with Crippen LogP contribution < -0.4 is 10.1 Å². The van der Waals surface area contributed by atoms with E-state index in [-0.39, 0.29) is 18.2 Å². The molecule has 0 saturated heterocycles. The van der Waals surface area contributed by atoms with Crippen molar-refractivity contribution in [2.24, 2.45) is 0 Å². The number of anilines is 1. The maximum atomic E-state index is 13.2. The fourth-order valence-electron chi connectivity index (χ4n) is 4.01. The van der Waals surface area contributed by atoms with Crippen LogP contribution in [0.3, 0.4) is 0 Å². The first-order valence-electron chi connectivity index (χ1n) is 10.3. The fourth-order valence-corrected chi connectivity index (χ4v) is 4.01. The van der Waals surface area contributed by atoms with Gasteiger partial charge >= 0.3 is 5.97 Å². The highest BCUT2D eigenvalue weighted by atomic mass is 16.5. The number of hydrogen-bond acceptors (Lipinski definition) is 7. The highest BCUT2D eigenvalue weighted by molar-refractivity contribution is 5.92. The molecule has 1 aromatic heterocycles. The second kappa shape index (κ2) is 8.23. The Morgan fingerprint density at radius 3 is 2.79 bits per heavy atom. The second-order valence-corrected chi connectivity index (χ2v) is 7.92. The van der Waals surface area contributed by atoms with Crippen molar-refractivity contribution in [3.8, 4) is 5.75 Å². The summed E-state index contributed by atoms with van der Waals surface area (Å²) in [6.07, 6.45) is 5.27. The Balaban J connectivity index is 1.69. The number of allylic oxidation sites excluding steroid dienone is 1. The average molecular weight is 397 g/mol. The van der Waals surface area contributed by atoms with Gasteiger partial charge in [-0.2, -0.15) is 4.68 Å². The molecule has 1 unspecified atom stereocenters. The van der Waals surface area contributed by atoms with Gasteiger partial charge in [-0.05, 0) is 74.6 Å². The lowest BCUT2D eigenvalue weighted by atomic mass is 9.94. The minimum Gasteiger partial charge on any atom is -0.491 e. The van der Waals surface area contributed by atoms with Crippen molar-refractivity contribution in [1.82, 2.24) is 20.2 Å². The van der Waals surface area contributed by atoms with Gasteiger partial charge in [-0.15, -0.1) is 0 Å². The predicted molar refractivity (Wildman–Crippen MR) is 107 cm³/mol. The first-order chi connectivity index (χ1) is 14.0. The van der Waals surface area contributed by atoms with Crippen LogP contribution in [-0.4, -0.2) is 38.4 Å². The summed E-state index contributed by atoms with van der Waals surface area (Å²) in [5.74, 6) is 0.920. The van der Waals surface area contributed by atoms with E-state index < -0.39 is 6.04 Å². The molecule has 29 heavy (non-hydrogen) atoms. The summed E-state index contributed by atoms with van der Waals surface area (Å²) in [6.45, 7) is 5.82. The molecule has 0 bridgehead atoms. The molecule has 1 aliphatic carbocycles. The number of nitrogens with one attached hydrogen (secondary N) is 1. The summed E-state index contributed by atoms with van der Waals surface area (Å²) < 4.78 is 13.4. The normalized spacial score (nSPS) is 19.7. The Kier molecular flexibility index (Phi) is 5.51. The van der Waals surface area contributed by atoms with Gasteiger partial charge in [-0.3, -0.25) is 0 Å². The standard InChI is InChI=1S/C21H27N5O3/c1-13(2)28-17-11-7-8-15(12-17)19-18(14(3)22-21-23-24-25-26(19)21)20(27)29-16-9-5-4-6-10-16/h7-8,11-13,16,19H,4-6,9-10H2,1-3H3,(H,22,23,25). The first kappa shape index (κ1) is 19.4. The van der Waals surface area contributed by atoms with Crippen molar-refractivity contribution in [2.75, 3.05) is 5.32 Å². The number of carbonyl (C=O) groups is 1. The molecule has 2 aliphatic rings. The maximum absolute atomic E-state index is 13.2. The van der Waals surface area contributed by atoms with Crippen LogP contribution in [0.25, 0.3) is 0 Å². The molecule has 2 aromatic rings. The summed E-state index contributed by atoms with van der Waals surface area (Å²) in [5.41, 5.74) is 2.10. The third-order valence-corrected chi connectivity index (χ3v) is 5.31. The number of rotatable bonds is 5. The lowest BCUT2D eigenvalue weighted by Crippen LogP contribution is -2.32. The largest absolute Gasteiger partial charge is 0.491 e. The molecule has 1 aromatic carbocycles. The van der Waals surface area contributed by atoms with E-state index in [9.17, 15) is 4.79 Å². The highest BCUT2D eigenvalue weighted by Gasteiger charge is 2.36. The first-order valence-corrected chi connectivity index (χ1v) is 10.3. The lowest BCUT2D eigenvalue weighted by molar-refractivity contribution is -0.146. The van der Waals surface area contributed by atoms with Gasteiger partial charge in [-0.1, -0.05) is 23.7 Å². The van der Waals surface area contributed by atoms with Crippen LogP contribution in [0.5, 0.6) is 5.75 Å². The Morgan fingerprint density at radius 1 is 1.24 bits per heavy atom. The van der Waals surface area contributed by atoms with Crippen molar-refractivity contribution >= 4 is 11.9 Å². The Bertz CT molecular complexity index is 915. The average Bonchev–Trinajstić information content (AvgIpc) is 3.15. The molecule has 0 spiro atoms. The van der Waals surface area contributed by atoms with Gasteiger partial charge in [-0.25, -0.2) is 4.79 Å². The lowest BCUT2D eigenvalue weighted by Gasteiger charge is -2.29. The van der Waals surface area contributed by atoms with E-state index >= 15 is 0 Å². The molecule has 154 valence electrons. The molecule has 0 amide bonds. The van der Waals surface area contributed by atoms with Gasteiger partial charge in [0.05, 0.1) is 11.7 Å². The Labute approximate surface area is 170 Å². The zero-order valence-electron chi connectivity index (χ0n) is 17.1. The minimum absolute atomic E-state index is 0.0249. The van der Waals surface area contributed by atoms with Gasteiger partial charge in [0.2, 0.25) is 5.95 Å². The molecule has 8 nitrogen and oxygen atoms in total. The topological polar surface area (TPSA) is 91.2 Å². The number of esters is 1. The summed E-state index contributed by atoms with van der Waals surface area (Å²) in [6, 6.07) is 7.23. The third-order valence-electron chi connectivity index (χ3n) is 5.31. The van der Waals surface area contributed by atoms with Crippen molar-refractivity contribution in [1.29, 1.82) is 0 Å². The van der Waals surface area contributed by atoms with E-state index in [2.05, 4.69) is 20.8 Å². The smallest absolute Gasteiger partial charge is 0.338 e. The number of carbonyl (C=O) groups excluding carboxylic acids is 1. The zero-order valence-corrected chi connectivity index (χ0v) is 17.1. The number of nitrogens with zero attached hydrogens (tertiary/aromatic N) is 4. The van der Waals surface area contributed by atoms with Crippen molar-refractivity contribution in [2.45, 2.75) is 71.1 Å². The third kappa shape index (κ3) is 4.11. The van der Waals surface area contributed by atoms with Crippen LogP contribution in [0.4, 0.5) is 5.95 Å². The van der Waals surface area contributed by atoms with Gasteiger partial charge in [0.1, 0.15) is 17.9 Å². The van der Waals surface area contributed by atoms with Gasteiger partial charge in [0, 0.05) is 5.70 Å². The van der Waals surface area contributed by atoms with Crippen molar-refractivity contribution in [3.63, 3.8) is 0 Å². The van der Waals surface area contributed by atoms with Crippen LogP contribution in [0.15, 0.2) is 35.5 Å². The summed E-state index contributed by atoms with van der Waals surface area (Å²) in [5, 5.41) is 15.1. The van der Waals surface area contributed by atoms with Gasteiger partial charge in [0.25, 0.3) is 0 Å². The number of aromatic nitrogens is 4. The summed E-state index contributed by atoms with van der Waals surface area (Å²) in [4.78, 5) is 13.2. The number of tetrazole rings is 1. The highest BCUT2D eigenvalue weighted by Crippen LogP contribution is 2.36. The molecule has 1 saturated carbocycles. The maximum Gasteiger partial charge on any atom is 0.338 e. The monoisotopic (exact) mass is 397 g/mol. The van der Waals surface area contributed by atoms with E-state index in [0.29, 0.717) is 17.2 Å². The number of hydrogen-bond donors (Lipinski definition) is 1. The van der Waals surface area contributed by atoms with Crippen molar-refractivity contribution in [3.05, 3.63) is 41.1 Å². The molecule has 8 heteroatoms. The molecule has 1 atom stereocenters. The number of ether oxygens (including phenoxy) is 2. The fraction of sp³-hybridized carbons (Fsp3) is 0.524. The van der Waals surface area contributed by atoms with E-state index in [0.717, 1.165) is 37.0 Å². The Morgan fingerprint density at radius 2 is 2.03 bits per heavy atom. The van der Waals surface area contributed by atoms with Crippen LogP contribution in [-0.2, 0) is 9.53 Å².